The number of anilines is 1. The van der Waals surface area contributed by atoms with Crippen molar-refractivity contribution in [2.75, 3.05) is 51.0 Å². The standard InChI is InChI=1S/C42H69N5O5/c1-26(2)28(5)38(7)15-16-39(8)29-11-12-32-37(6)21-31(47-36(44-25-45-47)46-17-19-50-20-18-46)34(52-23-41(10,43)27(3)4)42(32,24-51-22-37)30(29)13-14-40(39,9)33(38)35(48)49/h13,25-29,31-34H,11-12,14-24,43H2,1-10H3,(H,48,49)/t28-,29+,31-,32-,33-,34+,37-,38-,39-,40+,41+,42+/m1/s1. The summed E-state index contributed by atoms with van der Waals surface area (Å²) < 4.78 is 22.1. The van der Waals surface area contributed by atoms with Crippen LogP contribution < -0.4 is 10.6 Å². The second kappa shape index (κ2) is 13.0. The van der Waals surface area contributed by atoms with Crippen molar-refractivity contribution in [1.82, 2.24) is 14.8 Å². The SMILES string of the molecule is CC(C)[C@@H](C)[C@@]1(C)CC[C@]2(C)[C@H]3CC[C@@H]4[C@@]5(C)COC[C@@]4(C3=CC[C@@]2(C)[C@@H]1C(=O)O)[C@@H](OC[C@](C)(N)C(C)C)[C@H](n1ncnc1N1CCOCC1)C5. The predicted molar refractivity (Wildman–Crippen MR) is 203 cm³/mol. The molecule has 4 aliphatic carbocycles. The molecule has 12 atom stereocenters. The molecule has 3 heterocycles. The van der Waals surface area contributed by atoms with Crippen molar-refractivity contribution in [2.24, 2.45) is 68.3 Å². The van der Waals surface area contributed by atoms with Gasteiger partial charge in [-0.05, 0) is 96.7 Å². The van der Waals surface area contributed by atoms with Crippen LogP contribution in [0, 0.1) is 62.6 Å². The number of hydrogen-bond donors (Lipinski definition) is 2. The molecule has 0 radical (unpaired) electrons. The summed E-state index contributed by atoms with van der Waals surface area (Å²) in [5, 5.41) is 16.2. The molecule has 2 aliphatic heterocycles. The van der Waals surface area contributed by atoms with Crippen LogP contribution in [0.3, 0.4) is 0 Å². The Bertz CT molecular complexity index is 1540. The molecular formula is C42H69N5O5. The van der Waals surface area contributed by atoms with Gasteiger partial charge < -0.3 is 30.0 Å². The molecule has 7 rings (SSSR count). The molecule has 1 aromatic rings. The molecule has 0 amide bonds. The van der Waals surface area contributed by atoms with Crippen LogP contribution in [0.5, 0.6) is 0 Å². The van der Waals surface area contributed by atoms with Gasteiger partial charge in [0.1, 0.15) is 6.33 Å². The highest BCUT2D eigenvalue weighted by Crippen LogP contribution is 2.75. The first-order valence-corrected chi connectivity index (χ1v) is 20.5. The Morgan fingerprint density at radius 1 is 1.06 bits per heavy atom. The number of allylic oxidation sites excluding steroid dienone is 1. The lowest BCUT2D eigenvalue weighted by molar-refractivity contribution is -0.254. The zero-order chi connectivity index (χ0) is 37.6. The van der Waals surface area contributed by atoms with Gasteiger partial charge in [0.05, 0.1) is 51.1 Å². The maximum absolute atomic E-state index is 13.6. The van der Waals surface area contributed by atoms with E-state index in [4.69, 9.17) is 30.0 Å². The summed E-state index contributed by atoms with van der Waals surface area (Å²) in [6.07, 6.45) is 9.72. The largest absolute Gasteiger partial charge is 0.481 e. The highest BCUT2D eigenvalue weighted by Gasteiger charge is 2.73. The van der Waals surface area contributed by atoms with Crippen molar-refractivity contribution in [1.29, 1.82) is 0 Å². The second-order valence-electron chi connectivity index (χ2n) is 20.1. The molecule has 0 aromatic carbocycles. The van der Waals surface area contributed by atoms with E-state index in [0.29, 0.717) is 50.8 Å². The van der Waals surface area contributed by atoms with Crippen molar-refractivity contribution < 1.29 is 24.1 Å². The van der Waals surface area contributed by atoms with Gasteiger partial charge in [-0.3, -0.25) is 4.79 Å². The molecular weight excluding hydrogens is 654 g/mol. The number of rotatable bonds is 9. The zero-order valence-electron chi connectivity index (χ0n) is 33.9. The van der Waals surface area contributed by atoms with Crippen LogP contribution in [0.25, 0.3) is 0 Å². The smallest absolute Gasteiger partial charge is 0.307 e. The summed E-state index contributed by atoms with van der Waals surface area (Å²) in [6, 6.07) is -0.0671. The molecule has 2 bridgehead atoms. The lowest BCUT2D eigenvalue weighted by Gasteiger charge is -2.71. The monoisotopic (exact) mass is 724 g/mol. The van der Waals surface area contributed by atoms with E-state index in [2.05, 4.69) is 84.9 Å². The second-order valence-corrected chi connectivity index (χ2v) is 20.1. The number of hydrogen-bond acceptors (Lipinski definition) is 8. The quantitative estimate of drug-likeness (QED) is 0.259. The first kappa shape index (κ1) is 38.3. The van der Waals surface area contributed by atoms with E-state index >= 15 is 0 Å². The van der Waals surface area contributed by atoms with Crippen molar-refractivity contribution >= 4 is 11.9 Å². The maximum atomic E-state index is 13.6. The fraction of sp³-hybridized carbons (Fsp3) is 0.881. The summed E-state index contributed by atoms with van der Waals surface area (Å²) in [7, 11) is 0. The van der Waals surface area contributed by atoms with Crippen molar-refractivity contribution in [2.45, 2.75) is 125 Å². The Balaban J connectivity index is 1.38. The van der Waals surface area contributed by atoms with Crippen LogP contribution in [-0.2, 0) is 19.0 Å². The molecule has 10 heteroatoms. The summed E-state index contributed by atoms with van der Waals surface area (Å²) in [4.78, 5) is 20.8. The fourth-order valence-corrected chi connectivity index (χ4v) is 13.0. The molecule has 52 heavy (non-hydrogen) atoms. The number of nitrogens with two attached hydrogens (primary N) is 1. The third-order valence-corrected chi connectivity index (χ3v) is 17.1. The molecule has 5 fully saturated rings. The van der Waals surface area contributed by atoms with Crippen LogP contribution in [0.15, 0.2) is 18.0 Å². The van der Waals surface area contributed by atoms with E-state index in [1.54, 1.807) is 6.33 Å². The van der Waals surface area contributed by atoms with Gasteiger partial charge >= 0.3 is 5.97 Å². The van der Waals surface area contributed by atoms with Gasteiger partial charge in [-0.15, -0.1) is 0 Å². The third-order valence-electron chi connectivity index (χ3n) is 17.1. The van der Waals surface area contributed by atoms with E-state index < -0.39 is 28.3 Å². The van der Waals surface area contributed by atoms with Crippen molar-refractivity contribution in [3.8, 4) is 0 Å². The van der Waals surface area contributed by atoms with E-state index in [1.807, 2.05) is 0 Å². The van der Waals surface area contributed by atoms with Gasteiger partial charge in [0.15, 0.2) is 0 Å². The van der Waals surface area contributed by atoms with Gasteiger partial charge in [-0.25, -0.2) is 4.68 Å². The minimum absolute atomic E-state index is 0.0671. The number of ether oxygens (including phenoxy) is 3. The highest BCUT2D eigenvalue weighted by molar-refractivity contribution is 5.73. The van der Waals surface area contributed by atoms with Gasteiger partial charge in [-0.2, -0.15) is 10.1 Å². The number of carbonyl (C=O) groups is 1. The number of fused-ring (bicyclic) bond motifs is 3. The molecule has 6 aliphatic rings. The van der Waals surface area contributed by atoms with Crippen LogP contribution >= 0.6 is 0 Å². The number of carboxylic acids is 1. The summed E-state index contributed by atoms with van der Waals surface area (Å²) in [5.74, 6) is 1.38. The molecule has 2 saturated heterocycles. The normalized spacial score (nSPS) is 43.6. The summed E-state index contributed by atoms with van der Waals surface area (Å²) >= 11 is 0. The minimum atomic E-state index is -0.627. The van der Waals surface area contributed by atoms with Gasteiger partial charge in [0, 0.05) is 24.0 Å². The predicted octanol–water partition coefficient (Wildman–Crippen LogP) is 7.00. The van der Waals surface area contributed by atoms with Crippen LogP contribution in [0.1, 0.15) is 114 Å². The Kier molecular flexibility index (Phi) is 9.60. The minimum Gasteiger partial charge on any atom is -0.481 e. The Morgan fingerprint density at radius 3 is 2.42 bits per heavy atom. The first-order chi connectivity index (χ1) is 24.4. The van der Waals surface area contributed by atoms with Crippen molar-refractivity contribution in [3.05, 3.63) is 18.0 Å². The van der Waals surface area contributed by atoms with E-state index in [-0.39, 0.29) is 40.2 Å². The van der Waals surface area contributed by atoms with Gasteiger partial charge in [0.25, 0.3) is 0 Å². The summed E-state index contributed by atoms with van der Waals surface area (Å²) in [5.41, 5.74) is 6.60. The van der Waals surface area contributed by atoms with Crippen LogP contribution in [0.2, 0.25) is 0 Å². The van der Waals surface area contributed by atoms with Crippen LogP contribution in [0.4, 0.5) is 5.95 Å². The fourth-order valence-electron chi connectivity index (χ4n) is 13.0. The Hall–Kier alpha value is -2.01. The lowest BCUT2D eigenvalue weighted by atomic mass is 9.34. The average Bonchev–Trinajstić information content (AvgIpc) is 3.58. The summed E-state index contributed by atoms with van der Waals surface area (Å²) in [6.45, 7) is 27.4. The Morgan fingerprint density at radius 2 is 1.77 bits per heavy atom. The highest BCUT2D eigenvalue weighted by atomic mass is 16.5. The molecule has 3 saturated carbocycles. The number of carboxylic acid groups (broad SMARTS) is 1. The molecule has 1 aromatic heterocycles. The molecule has 3 N–H and O–H groups in total. The Labute approximate surface area is 313 Å². The number of morpholine rings is 1. The average molecular weight is 724 g/mol. The molecule has 0 unspecified atom stereocenters. The van der Waals surface area contributed by atoms with Crippen LogP contribution in [-0.4, -0.2) is 83.6 Å². The molecule has 10 nitrogen and oxygen atoms in total. The maximum Gasteiger partial charge on any atom is 0.307 e. The van der Waals surface area contributed by atoms with Crippen molar-refractivity contribution in [3.63, 3.8) is 0 Å². The van der Waals surface area contributed by atoms with E-state index in [1.165, 1.54) is 5.57 Å². The number of nitrogens with zero attached hydrogens (tertiary/aromatic N) is 4. The van der Waals surface area contributed by atoms with E-state index in [9.17, 15) is 9.90 Å². The topological polar surface area (TPSA) is 125 Å². The molecule has 292 valence electrons. The van der Waals surface area contributed by atoms with Gasteiger partial charge in [-0.1, -0.05) is 74.0 Å². The molecule has 0 spiro atoms. The lowest BCUT2D eigenvalue weighted by Crippen LogP contribution is -2.70. The zero-order valence-corrected chi connectivity index (χ0v) is 33.9. The number of aromatic nitrogens is 3. The first-order valence-electron chi connectivity index (χ1n) is 20.5. The number of aliphatic carboxylic acids is 1. The van der Waals surface area contributed by atoms with Gasteiger partial charge in [0.2, 0.25) is 5.95 Å². The van der Waals surface area contributed by atoms with E-state index in [0.717, 1.165) is 57.6 Å². The third kappa shape index (κ3) is 5.41.